The van der Waals surface area contributed by atoms with Crippen LogP contribution in [0.2, 0.25) is 0 Å². The van der Waals surface area contributed by atoms with Crippen molar-refractivity contribution in [2.24, 2.45) is 0 Å². The Morgan fingerprint density at radius 2 is 1.75 bits per heavy atom. The van der Waals surface area contributed by atoms with Crippen molar-refractivity contribution in [1.82, 2.24) is 5.32 Å². The molecule has 0 saturated carbocycles. The number of carboxylic acids is 1. The number of nitriles is 1. The summed E-state index contributed by atoms with van der Waals surface area (Å²) in [5.41, 5.74) is 1.63. The molecule has 6 heteroatoms. The molecular weight excluding hydrogens is 306 g/mol. The maximum absolute atomic E-state index is 12.4. The highest BCUT2D eigenvalue weighted by atomic mass is 16.4. The molecule has 122 valence electrons. The van der Waals surface area contributed by atoms with Gasteiger partial charge in [0.15, 0.2) is 0 Å². The lowest BCUT2D eigenvalue weighted by Crippen LogP contribution is -2.41. The number of hydrogen-bond donors (Lipinski definition) is 3. The molecule has 0 aliphatic rings. The number of benzene rings is 2. The molecule has 0 radical (unpaired) electrons. The highest BCUT2D eigenvalue weighted by Crippen LogP contribution is 2.14. The summed E-state index contributed by atoms with van der Waals surface area (Å²) in [7, 11) is 0. The Labute approximate surface area is 139 Å². The van der Waals surface area contributed by atoms with E-state index in [0.717, 1.165) is 5.56 Å². The summed E-state index contributed by atoms with van der Waals surface area (Å²) in [6.45, 7) is 0.367. The predicted octanol–water partition coefficient (Wildman–Crippen LogP) is 2.13. The zero-order valence-corrected chi connectivity index (χ0v) is 12.9. The Kier molecular flexibility index (Phi) is 6.06. The predicted molar refractivity (Wildman–Crippen MR) is 89.1 cm³/mol. The number of aliphatic carboxylic acids is 1. The Morgan fingerprint density at radius 1 is 1.08 bits per heavy atom. The van der Waals surface area contributed by atoms with Crippen molar-refractivity contribution in [3.63, 3.8) is 0 Å². The van der Waals surface area contributed by atoms with Crippen LogP contribution in [0, 0.1) is 11.3 Å². The monoisotopic (exact) mass is 323 g/mol. The van der Waals surface area contributed by atoms with E-state index in [-0.39, 0.29) is 6.42 Å². The average molecular weight is 323 g/mol. The molecule has 0 spiro atoms. The number of rotatable bonds is 7. The summed E-state index contributed by atoms with van der Waals surface area (Å²) < 4.78 is 0. The van der Waals surface area contributed by atoms with Gasteiger partial charge in [-0.3, -0.25) is 9.59 Å². The molecule has 2 rings (SSSR count). The van der Waals surface area contributed by atoms with Crippen molar-refractivity contribution in [2.75, 3.05) is 5.32 Å². The first-order valence-electron chi connectivity index (χ1n) is 7.39. The fraction of sp³-hybridized carbons (Fsp3) is 0.167. The fourth-order valence-corrected chi connectivity index (χ4v) is 2.18. The first-order chi connectivity index (χ1) is 11.6. The zero-order valence-electron chi connectivity index (χ0n) is 12.9. The lowest BCUT2D eigenvalue weighted by Gasteiger charge is -2.17. The van der Waals surface area contributed by atoms with Crippen LogP contribution in [0.25, 0.3) is 0 Å². The maximum Gasteiger partial charge on any atom is 0.305 e. The number of para-hydroxylation sites is 1. The molecule has 3 N–H and O–H groups in total. The molecule has 0 heterocycles. The molecule has 24 heavy (non-hydrogen) atoms. The van der Waals surface area contributed by atoms with Gasteiger partial charge in [0, 0.05) is 6.54 Å². The normalized spacial score (nSPS) is 11.3. The second-order valence-corrected chi connectivity index (χ2v) is 5.16. The van der Waals surface area contributed by atoms with Gasteiger partial charge in [-0.2, -0.15) is 5.26 Å². The molecule has 0 aromatic heterocycles. The van der Waals surface area contributed by atoms with Gasteiger partial charge >= 0.3 is 5.97 Å². The molecule has 1 atom stereocenters. The Hall–Kier alpha value is -3.17. The standard InChI is InChI=1S/C18H17N3O3/c19-11-14-8-4-5-9-15(14)21-18(24)16(10-17(22)23)20-12-13-6-2-1-3-7-13/h1-9,16,20H,10,12H2,(H,21,24)(H,22,23)/t16-/m0/s1. The van der Waals surface area contributed by atoms with E-state index in [0.29, 0.717) is 17.8 Å². The van der Waals surface area contributed by atoms with Crippen molar-refractivity contribution in [1.29, 1.82) is 5.26 Å². The van der Waals surface area contributed by atoms with Crippen LogP contribution in [0.4, 0.5) is 5.69 Å². The van der Waals surface area contributed by atoms with Crippen LogP contribution < -0.4 is 10.6 Å². The molecule has 0 saturated heterocycles. The Bertz CT molecular complexity index is 754. The van der Waals surface area contributed by atoms with Gasteiger partial charge in [0.25, 0.3) is 0 Å². The van der Waals surface area contributed by atoms with Gasteiger partial charge in [-0.05, 0) is 17.7 Å². The van der Waals surface area contributed by atoms with Crippen molar-refractivity contribution >= 4 is 17.6 Å². The van der Waals surface area contributed by atoms with Crippen molar-refractivity contribution in [3.8, 4) is 6.07 Å². The van der Waals surface area contributed by atoms with Gasteiger partial charge in [-0.25, -0.2) is 0 Å². The third-order valence-electron chi connectivity index (χ3n) is 3.40. The number of amides is 1. The lowest BCUT2D eigenvalue weighted by molar-refractivity contribution is -0.139. The van der Waals surface area contributed by atoms with Crippen LogP contribution in [-0.2, 0) is 16.1 Å². The van der Waals surface area contributed by atoms with E-state index in [4.69, 9.17) is 10.4 Å². The summed E-state index contributed by atoms with van der Waals surface area (Å²) in [6.07, 6.45) is -0.354. The number of nitrogens with zero attached hydrogens (tertiary/aromatic N) is 1. The first kappa shape index (κ1) is 17.2. The number of carbonyl (C=O) groups is 2. The summed E-state index contributed by atoms with van der Waals surface area (Å²) >= 11 is 0. The van der Waals surface area contributed by atoms with Crippen LogP contribution in [0.15, 0.2) is 54.6 Å². The highest BCUT2D eigenvalue weighted by molar-refractivity contribution is 5.97. The van der Waals surface area contributed by atoms with Gasteiger partial charge in [0.2, 0.25) is 5.91 Å². The molecule has 2 aromatic carbocycles. The molecule has 2 aromatic rings. The van der Waals surface area contributed by atoms with Crippen molar-refractivity contribution in [2.45, 2.75) is 19.0 Å². The third kappa shape index (κ3) is 4.93. The van der Waals surface area contributed by atoms with E-state index >= 15 is 0 Å². The Morgan fingerprint density at radius 3 is 2.42 bits per heavy atom. The molecule has 6 nitrogen and oxygen atoms in total. The lowest BCUT2D eigenvalue weighted by atomic mass is 10.1. The minimum Gasteiger partial charge on any atom is -0.481 e. The van der Waals surface area contributed by atoms with Crippen LogP contribution >= 0.6 is 0 Å². The van der Waals surface area contributed by atoms with E-state index in [2.05, 4.69) is 10.6 Å². The van der Waals surface area contributed by atoms with Gasteiger partial charge in [0.05, 0.1) is 23.7 Å². The minimum absolute atomic E-state index is 0.322. The molecule has 0 fully saturated rings. The van der Waals surface area contributed by atoms with Crippen molar-refractivity contribution < 1.29 is 14.7 Å². The average Bonchev–Trinajstić information content (AvgIpc) is 2.59. The number of carbonyl (C=O) groups excluding carboxylic acids is 1. The van der Waals surface area contributed by atoms with Gasteiger partial charge in [-0.15, -0.1) is 0 Å². The van der Waals surface area contributed by atoms with Crippen molar-refractivity contribution in [3.05, 3.63) is 65.7 Å². The SMILES string of the molecule is N#Cc1ccccc1NC(=O)[C@H](CC(=O)O)NCc1ccccc1. The minimum atomic E-state index is -1.08. The molecular formula is C18H17N3O3. The van der Waals surface area contributed by atoms with Gasteiger partial charge < -0.3 is 15.7 Å². The highest BCUT2D eigenvalue weighted by Gasteiger charge is 2.22. The first-order valence-corrected chi connectivity index (χ1v) is 7.39. The fourth-order valence-electron chi connectivity index (χ4n) is 2.18. The maximum atomic E-state index is 12.4. The topological polar surface area (TPSA) is 102 Å². The second kappa shape index (κ2) is 8.46. The van der Waals surface area contributed by atoms with E-state index in [9.17, 15) is 9.59 Å². The van der Waals surface area contributed by atoms with Gasteiger partial charge in [0.1, 0.15) is 6.07 Å². The number of hydrogen-bond acceptors (Lipinski definition) is 4. The largest absolute Gasteiger partial charge is 0.481 e. The number of carboxylic acid groups (broad SMARTS) is 1. The molecule has 1 amide bonds. The summed E-state index contributed by atoms with van der Waals surface area (Å²) in [5, 5.41) is 23.6. The smallest absolute Gasteiger partial charge is 0.305 e. The number of anilines is 1. The van der Waals surface area contributed by atoms with E-state index in [1.54, 1.807) is 24.3 Å². The quantitative estimate of drug-likeness (QED) is 0.724. The van der Waals surface area contributed by atoms with Crippen LogP contribution in [0.3, 0.4) is 0 Å². The zero-order chi connectivity index (χ0) is 17.4. The van der Waals surface area contributed by atoms with E-state index in [1.807, 2.05) is 36.4 Å². The van der Waals surface area contributed by atoms with Gasteiger partial charge in [-0.1, -0.05) is 42.5 Å². The summed E-state index contributed by atoms with van der Waals surface area (Å²) in [5.74, 6) is -1.57. The molecule has 0 aliphatic heterocycles. The summed E-state index contributed by atoms with van der Waals surface area (Å²) in [6, 6.07) is 17.0. The molecule has 0 unspecified atom stereocenters. The molecule has 0 aliphatic carbocycles. The van der Waals surface area contributed by atoms with Crippen LogP contribution in [0.1, 0.15) is 17.5 Å². The third-order valence-corrected chi connectivity index (χ3v) is 3.40. The van der Waals surface area contributed by atoms with E-state index < -0.39 is 17.9 Å². The molecule has 0 bridgehead atoms. The second-order valence-electron chi connectivity index (χ2n) is 5.16. The van der Waals surface area contributed by atoms with Crippen LogP contribution in [0.5, 0.6) is 0 Å². The number of nitrogens with one attached hydrogen (secondary N) is 2. The van der Waals surface area contributed by atoms with E-state index in [1.165, 1.54) is 0 Å². The Balaban J connectivity index is 2.07. The summed E-state index contributed by atoms with van der Waals surface area (Å²) in [4.78, 5) is 23.4. The van der Waals surface area contributed by atoms with Crippen LogP contribution in [-0.4, -0.2) is 23.0 Å².